The molecule has 0 bridgehead atoms. The Morgan fingerprint density at radius 2 is 1.66 bits per heavy atom. The zero-order chi connectivity index (χ0) is 20.5. The molecular weight excluding hydrogens is 388 g/mol. The van der Waals surface area contributed by atoms with E-state index in [-0.39, 0.29) is 18.4 Å². The minimum Gasteiger partial charge on any atom is -0.452 e. The molecule has 0 aliphatic rings. The van der Waals surface area contributed by atoms with Crippen LogP contribution >= 0.6 is 11.3 Å². The molecule has 0 saturated carbocycles. The van der Waals surface area contributed by atoms with Crippen molar-refractivity contribution in [2.24, 2.45) is 0 Å². The molecule has 2 aromatic carbocycles. The minimum atomic E-state index is -0.598. The topological polar surface area (TPSA) is 84.5 Å². The van der Waals surface area contributed by atoms with Gasteiger partial charge in [-0.1, -0.05) is 36.4 Å². The fourth-order valence-electron chi connectivity index (χ4n) is 2.55. The Morgan fingerprint density at radius 3 is 2.34 bits per heavy atom. The average Bonchev–Trinajstić information content (AvgIpc) is 3.28. The highest BCUT2D eigenvalue weighted by Gasteiger charge is 2.11. The summed E-state index contributed by atoms with van der Waals surface area (Å²) in [6, 6.07) is 19.6. The number of hydrogen-bond donors (Lipinski definition) is 2. The third-order valence-electron chi connectivity index (χ3n) is 4.04. The summed E-state index contributed by atoms with van der Waals surface area (Å²) in [5.41, 5.74) is 1.99. The highest BCUT2D eigenvalue weighted by Crippen LogP contribution is 2.14. The van der Waals surface area contributed by atoms with Gasteiger partial charge in [0.1, 0.15) is 0 Å². The Hall–Kier alpha value is -3.45. The van der Waals surface area contributed by atoms with Gasteiger partial charge in [0, 0.05) is 12.2 Å². The molecule has 7 heteroatoms. The van der Waals surface area contributed by atoms with E-state index in [0.29, 0.717) is 29.1 Å². The first-order valence-electron chi connectivity index (χ1n) is 9.04. The molecule has 0 saturated heterocycles. The number of carbonyl (C=O) groups is 3. The van der Waals surface area contributed by atoms with Crippen LogP contribution in [0.2, 0.25) is 0 Å². The molecule has 0 aliphatic carbocycles. The van der Waals surface area contributed by atoms with Crippen LogP contribution in [0.25, 0.3) is 0 Å². The highest BCUT2D eigenvalue weighted by atomic mass is 32.1. The van der Waals surface area contributed by atoms with E-state index >= 15 is 0 Å². The van der Waals surface area contributed by atoms with Crippen LogP contribution in [-0.2, 0) is 16.0 Å². The SMILES string of the molecule is O=C(COC(=O)c1ccc(NC(=O)c2cccs2)cc1)NCCc1ccccc1. The Labute approximate surface area is 172 Å². The molecule has 0 spiro atoms. The summed E-state index contributed by atoms with van der Waals surface area (Å²) in [5.74, 6) is -1.16. The summed E-state index contributed by atoms with van der Waals surface area (Å²) >= 11 is 1.35. The third kappa shape index (κ3) is 6.29. The normalized spacial score (nSPS) is 10.2. The first-order chi connectivity index (χ1) is 14.1. The van der Waals surface area contributed by atoms with E-state index < -0.39 is 5.97 Å². The molecule has 1 aromatic heterocycles. The maximum Gasteiger partial charge on any atom is 0.338 e. The fourth-order valence-corrected chi connectivity index (χ4v) is 3.17. The van der Waals surface area contributed by atoms with Crippen LogP contribution < -0.4 is 10.6 Å². The Balaban J connectivity index is 1.40. The van der Waals surface area contributed by atoms with Crippen molar-refractivity contribution in [3.63, 3.8) is 0 Å². The number of amides is 2. The van der Waals surface area contributed by atoms with Gasteiger partial charge in [0.25, 0.3) is 11.8 Å². The van der Waals surface area contributed by atoms with Crippen molar-refractivity contribution in [1.82, 2.24) is 5.32 Å². The lowest BCUT2D eigenvalue weighted by molar-refractivity contribution is -0.124. The highest BCUT2D eigenvalue weighted by molar-refractivity contribution is 7.12. The second-order valence-corrected chi connectivity index (χ2v) is 7.12. The summed E-state index contributed by atoms with van der Waals surface area (Å²) in [4.78, 5) is 36.5. The molecule has 0 atom stereocenters. The lowest BCUT2D eigenvalue weighted by Crippen LogP contribution is -2.30. The molecule has 148 valence electrons. The number of benzene rings is 2. The zero-order valence-corrected chi connectivity index (χ0v) is 16.4. The second kappa shape index (κ2) is 10.2. The molecule has 1 heterocycles. The van der Waals surface area contributed by atoms with Gasteiger partial charge in [-0.3, -0.25) is 9.59 Å². The van der Waals surface area contributed by atoms with Crippen molar-refractivity contribution < 1.29 is 19.1 Å². The average molecular weight is 408 g/mol. The van der Waals surface area contributed by atoms with E-state index in [1.807, 2.05) is 35.7 Å². The van der Waals surface area contributed by atoms with Crippen LogP contribution in [0.4, 0.5) is 5.69 Å². The molecule has 0 radical (unpaired) electrons. The maximum absolute atomic E-state index is 12.1. The van der Waals surface area contributed by atoms with Crippen molar-refractivity contribution in [1.29, 1.82) is 0 Å². The standard InChI is InChI=1S/C22H20N2O4S/c25-20(23-13-12-16-5-2-1-3-6-16)15-28-22(27)17-8-10-18(11-9-17)24-21(26)19-7-4-14-29-19/h1-11,14H,12-13,15H2,(H,23,25)(H,24,26). The van der Waals surface area contributed by atoms with Gasteiger partial charge < -0.3 is 15.4 Å². The smallest absolute Gasteiger partial charge is 0.338 e. The van der Waals surface area contributed by atoms with E-state index in [2.05, 4.69) is 10.6 Å². The largest absolute Gasteiger partial charge is 0.452 e. The number of thiophene rings is 1. The van der Waals surface area contributed by atoms with Crippen LogP contribution in [0.5, 0.6) is 0 Å². The molecule has 3 aromatic rings. The number of ether oxygens (including phenoxy) is 1. The van der Waals surface area contributed by atoms with Crippen LogP contribution in [0.3, 0.4) is 0 Å². The van der Waals surface area contributed by atoms with Crippen molar-refractivity contribution >= 4 is 34.8 Å². The first-order valence-corrected chi connectivity index (χ1v) is 9.92. The van der Waals surface area contributed by atoms with E-state index in [0.717, 1.165) is 5.56 Å². The molecule has 29 heavy (non-hydrogen) atoms. The minimum absolute atomic E-state index is 0.206. The van der Waals surface area contributed by atoms with Gasteiger partial charge >= 0.3 is 5.97 Å². The number of rotatable bonds is 8. The van der Waals surface area contributed by atoms with Gasteiger partial charge in [-0.05, 0) is 47.7 Å². The van der Waals surface area contributed by atoms with Gasteiger partial charge in [-0.25, -0.2) is 4.79 Å². The number of anilines is 1. The molecule has 3 rings (SSSR count). The van der Waals surface area contributed by atoms with Crippen LogP contribution in [0.15, 0.2) is 72.1 Å². The molecule has 6 nitrogen and oxygen atoms in total. The van der Waals surface area contributed by atoms with Crippen molar-refractivity contribution in [2.75, 3.05) is 18.5 Å². The zero-order valence-electron chi connectivity index (χ0n) is 15.6. The van der Waals surface area contributed by atoms with Gasteiger partial charge in [0.05, 0.1) is 10.4 Å². The van der Waals surface area contributed by atoms with E-state index in [9.17, 15) is 14.4 Å². The number of nitrogens with one attached hydrogen (secondary N) is 2. The number of esters is 1. The molecule has 2 amide bonds. The molecule has 0 unspecified atom stereocenters. The monoisotopic (exact) mass is 408 g/mol. The van der Waals surface area contributed by atoms with Gasteiger partial charge in [-0.15, -0.1) is 11.3 Å². The number of carbonyl (C=O) groups excluding carboxylic acids is 3. The summed E-state index contributed by atoms with van der Waals surface area (Å²) in [5, 5.41) is 7.30. The van der Waals surface area contributed by atoms with Crippen LogP contribution in [0, 0.1) is 0 Å². The number of hydrogen-bond acceptors (Lipinski definition) is 5. The predicted octanol–water partition coefficient (Wildman–Crippen LogP) is 3.52. The lowest BCUT2D eigenvalue weighted by Gasteiger charge is -2.08. The van der Waals surface area contributed by atoms with Crippen LogP contribution in [0.1, 0.15) is 25.6 Å². The van der Waals surface area contributed by atoms with Crippen LogP contribution in [-0.4, -0.2) is 30.9 Å². The van der Waals surface area contributed by atoms with Crippen molar-refractivity contribution in [2.45, 2.75) is 6.42 Å². The van der Waals surface area contributed by atoms with Crippen molar-refractivity contribution in [3.8, 4) is 0 Å². The van der Waals surface area contributed by atoms with Gasteiger partial charge in [0.2, 0.25) is 0 Å². The molecular formula is C22H20N2O4S. The Morgan fingerprint density at radius 1 is 0.897 bits per heavy atom. The predicted molar refractivity (Wildman–Crippen MR) is 112 cm³/mol. The summed E-state index contributed by atoms with van der Waals surface area (Å²) < 4.78 is 5.04. The lowest BCUT2D eigenvalue weighted by atomic mass is 10.1. The Kier molecular flexibility index (Phi) is 7.13. The quantitative estimate of drug-likeness (QED) is 0.559. The van der Waals surface area contributed by atoms with E-state index in [1.54, 1.807) is 36.4 Å². The molecule has 0 aliphatic heterocycles. The Bertz CT molecular complexity index is 954. The fraction of sp³-hybridized carbons (Fsp3) is 0.136. The summed E-state index contributed by atoms with van der Waals surface area (Å²) in [6.07, 6.45) is 0.708. The summed E-state index contributed by atoms with van der Waals surface area (Å²) in [7, 11) is 0. The molecule has 2 N–H and O–H groups in total. The summed E-state index contributed by atoms with van der Waals surface area (Å²) in [6.45, 7) is 0.128. The van der Waals surface area contributed by atoms with Gasteiger partial charge in [-0.2, -0.15) is 0 Å². The molecule has 0 fully saturated rings. The third-order valence-corrected chi connectivity index (χ3v) is 4.91. The van der Waals surface area contributed by atoms with Crippen molar-refractivity contribution in [3.05, 3.63) is 88.1 Å². The van der Waals surface area contributed by atoms with E-state index in [1.165, 1.54) is 11.3 Å². The van der Waals surface area contributed by atoms with E-state index in [4.69, 9.17) is 4.74 Å². The first kappa shape index (κ1) is 20.3. The second-order valence-electron chi connectivity index (χ2n) is 6.17. The maximum atomic E-state index is 12.1. The van der Waals surface area contributed by atoms with Gasteiger partial charge in [0.15, 0.2) is 6.61 Å².